The molecule has 8 nitrogen and oxygen atoms in total. The Hall–Kier alpha value is -4.28. The zero-order valence-electron chi connectivity index (χ0n) is 20.2. The predicted octanol–water partition coefficient (Wildman–Crippen LogP) is 3.32. The highest BCUT2D eigenvalue weighted by Crippen LogP contribution is 2.40. The van der Waals surface area contributed by atoms with Crippen LogP contribution in [0.25, 0.3) is 10.9 Å². The van der Waals surface area contributed by atoms with Crippen LogP contribution < -0.4 is 21.3 Å². The summed E-state index contributed by atoms with van der Waals surface area (Å²) in [5.74, 6) is 1.14. The standard InChI is InChI=1S/C16H15BN2O3.C6H6FN.C5H6O2/c1-18-12-3-5-13(6-4-12)22-16-8-9-19-15-10-11(17(20)21)2-7-14(15)16;7-5-1-3-6(8)4-2-5;6-3-5(4-7)1-2-5/h2-10,18,20-21H,1H3;1-4H,8H2;3-4H,1-2H2. The van der Waals surface area contributed by atoms with E-state index in [4.69, 9.17) is 10.5 Å². The molecule has 3 aromatic carbocycles. The molecule has 4 aromatic rings. The molecule has 0 spiro atoms. The third-order valence-corrected chi connectivity index (χ3v) is 5.56. The quantitative estimate of drug-likeness (QED) is 0.136. The van der Waals surface area contributed by atoms with Gasteiger partial charge in [-0.1, -0.05) is 6.07 Å². The SMILES string of the molecule is CNc1ccc(Oc2ccnc3cc(B(O)O)ccc23)cc1.Nc1ccc(F)cc1.O=CC1(C=O)CC1. The smallest absolute Gasteiger partial charge is 0.457 e. The van der Waals surface area contributed by atoms with Gasteiger partial charge in [-0.15, -0.1) is 0 Å². The molecule has 1 heterocycles. The number of carbonyl (C=O) groups excluding carboxylic acids is 2. The lowest BCUT2D eigenvalue weighted by Crippen LogP contribution is -2.29. The molecule has 1 aliphatic carbocycles. The number of hydrogen-bond acceptors (Lipinski definition) is 8. The number of hydrogen-bond donors (Lipinski definition) is 4. The van der Waals surface area contributed by atoms with Crippen molar-refractivity contribution < 1.29 is 28.8 Å². The van der Waals surface area contributed by atoms with Crippen LogP contribution in [-0.4, -0.2) is 41.8 Å². The van der Waals surface area contributed by atoms with Crippen molar-refractivity contribution >= 4 is 47.4 Å². The zero-order chi connectivity index (χ0) is 26.8. The van der Waals surface area contributed by atoms with E-state index < -0.39 is 12.5 Å². The Morgan fingerprint density at radius 1 is 1.00 bits per heavy atom. The van der Waals surface area contributed by atoms with Crippen molar-refractivity contribution in [2.75, 3.05) is 18.1 Å². The van der Waals surface area contributed by atoms with Crippen LogP contribution in [-0.2, 0) is 9.59 Å². The predicted molar refractivity (Wildman–Crippen MR) is 142 cm³/mol. The van der Waals surface area contributed by atoms with Crippen molar-refractivity contribution in [2.45, 2.75) is 12.8 Å². The minimum atomic E-state index is -1.51. The molecule has 0 radical (unpaired) electrons. The minimum absolute atomic E-state index is 0.251. The Morgan fingerprint density at radius 3 is 2.14 bits per heavy atom. The molecule has 0 amide bonds. The second-order valence-corrected chi connectivity index (χ2v) is 8.36. The van der Waals surface area contributed by atoms with E-state index in [-0.39, 0.29) is 5.82 Å². The Bertz CT molecular complexity index is 1300. The Kier molecular flexibility index (Phi) is 9.31. The highest BCUT2D eigenvalue weighted by Gasteiger charge is 2.42. The van der Waals surface area contributed by atoms with E-state index in [2.05, 4.69) is 10.3 Å². The second kappa shape index (κ2) is 12.6. The number of fused-ring (bicyclic) bond motifs is 1. The first kappa shape index (κ1) is 27.3. The fraction of sp³-hybridized carbons (Fsp3) is 0.148. The highest BCUT2D eigenvalue weighted by atomic mass is 19.1. The van der Waals surface area contributed by atoms with Crippen molar-refractivity contribution in [1.82, 2.24) is 4.98 Å². The molecule has 1 fully saturated rings. The minimum Gasteiger partial charge on any atom is -0.457 e. The van der Waals surface area contributed by atoms with Crippen LogP contribution in [0, 0.1) is 11.2 Å². The van der Waals surface area contributed by atoms with Gasteiger partial charge in [0.15, 0.2) is 0 Å². The van der Waals surface area contributed by atoms with Gasteiger partial charge in [0.1, 0.15) is 29.9 Å². The molecule has 0 atom stereocenters. The van der Waals surface area contributed by atoms with Gasteiger partial charge < -0.3 is 35.4 Å². The van der Waals surface area contributed by atoms with Gasteiger partial charge in [0.05, 0.1) is 10.9 Å². The van der Waals surface area contributed by atoms with E-state index >= 15 is 0 Å². The van der Waals surface area contributed by atoms with Gasteiger partial charge in [-0.05, 0) is 85.0 Å². The molecule has 0 bridgehead atoms. The van der Waals surface area contributed by atoms with Gasteiger partial charge >= 0.3 is 7.12 Å². The van der Waals surface area contributed by atoms with E-state index in [1.165, 1.54) is 24.3 Å². The zero-order valence-corrected chi connectivity index (χ0v) is 20.2. The highest BCUT2D eigenvalue weighted by molar-refractivity contribution is 6.58. The number of benzene rings is 3. The molecule has 10 heteroatoms. The normalized spacial score (nSPS) is 12.6. The molecule has 5 rings (SSSR count). The lowest BCUT2D eigenvalue weighted by Gasteiger charge is -2.10. The van der Waals surface area contributed by atoms with E-state index in [0.29, 0.717) is 22.4 Å². The van der Waals surface area contributed by atoms with E-state index in [1.807, 2.05) is 31.3 Å². The first-order valence-corrected chi connectivity index (χ1v) is 11.4. The number of ether oxygens (including phenoxy) is 1. The molecule has 0 aliphatic heterocycles. The summed E-state index contributed by atoms with van der Waals surface area (Å²) in [6, 6.07) is 20.2. The van der Waals surface area contributed by atoms with Crippen LogP contribution in [0.15, 0.2) is 79.0 Å². The number of anilines is 2. The lowest BCUT2D eigenvalue weighted by atomic mass is 9.80. The monoisotopic (exact) mass is 503 g/mol. The summed E-state index contributed by atoms with van der Waals surface area (Å²) in [6.07, 6.45) is 4.63. The molecular weight excluding hydrogens is 476 g/mol. The number of nitrogens with zero attached hydrogens (tertiary/aromatic N) is 1. The molecule has 190 valence electrons. The molecule has 1 saturated carbocycles. The Labute approximate surface area is 214 Å². The van der Waals surface area contributed by atoms with Gasteiger partial charge in [0, 0.05) is 30.0 Å². The van der Waals surface area contributed by atoms with Gasteiger partial charge in [-0.3, -0.25) is 4.98 Å². The molecule has 37 heavy (non-hydrogen) atoms. The van der Waals surface area contributed by atoms with Crippen LogP contribution in [0.5, 0.6) is 11.5 Å². The van der Waals surface area contributed by atoms with Gasteiger partial charge in [0.2, 0.25) is 0 Å². The molecule has 0 unspecified atom stereocenters. The third-order valence-electron chi connectivity index (χ3n) is 5.56. The molecule has 5 N–H and O–H groups in total. The fourth-order valence-electron chi connectivity index (χ4n) is 3.08. The summed E-state index contributed by atoms with van der Waals surface area (Å²) < 4.78 is 17.9. The maximum atomic E-state index is 12.0. The topological polar surface area (TPSA) is 135 Å². The number of nitrogens with two attached hydrogens (primary N) is 1. The van der Waals surface area contributed by atoms with E-state index in [1.54, 1.807) is 30.5 Å². The largest absolute Gasteiger partial charge is 0.488 e. The lowest BCUT2D eigenvalue weighted by molar-refractivity contribution is -0.120. The number of carbonyl (C=O) groups is 2. The molecule has 1 aromatic heterocycles. The summed E-state index contributed by atoms with van der Waals surface area (Å²) >= 11 is 0. The van der Waals surface area contributed by atoms with Gasteiger partial charge in [-0.2, -0.15) is 0 Å². The Balaban J connectivity index is 0.000000206. The average Bonchev–Trinajstić information content (AvgIpc) is 3.72. The van der Waals surface area contributed by atoms with Gasteiger partial charge in [-0.25, -0.2) is 4.39 Å². The number of aldehydes is 2. The summed E-state index contributed by atoms with van der Waals surface area (Å²) in [4.78, 5) is 24.0. The average molecular weight is 503 g/mol. The molecule has 0 saturated heterocycles. The number of halogens is 1. The van der Waals surface area contributed by atoms with Crippen molar-refractivity contribution in [1.29, 1.82) is 0 Å². The summed E-state index contributed by atoms with van der Waals surface area (Å²) in [6.45, 7) is 0. The van der Waals surface area contributed by atoms with Crippen LogP contribution in [0.4, 0.5) is 15.8 Å². The van der Waals surface area contributed by atoms with Crippen LogP contribution >= 0.6 is 0 Å². The van der Waals surface area contributed by atoms with Crippen molar-refractivity contribution in [3.63, 3.8) is 0 Å². The van der Waals surface area contributed by atoms with Crippen LogP contribution in [0.3, 0.4) is 0 Å². The number of pyridine rings is 1. The third kappa shape index (κ3) is 7.86. The summed E-state index contributed by atoms with van der Waals surface area (Å²) in [5.41, 5.74) is 7.38. The summed E-state index contributed by atoms with van der Waals surface area (Å²) in [5, 5.41) is 22.3. The first-order valence-electron chi connectivity index (χ1n) is 11.4. The first-order chi connectivity index (χ1) is 17.8. The van der Waals surface area contributed by atoms with Crippen LogP contribution in [0.1, 0.15) is 12.8 Å². The maximum absolute atomic E-state index is 12.0. The van der Waals surface area contributed by atoms with E-state index in [9.17, 15) is 24.0 Å². The number of nitrogens with one attached hydrogen (secondary N) is 1. The fourth-order valence-corrected chi connectivity index (χ4v) is 3.08. The van der Waals surface area contributed by atoms with Crippen molar-refractivity contribution in [3.8, 4) is 11.5 Å². The molecular formula is C27H27BFN3O5. The molecule has 1 aliphatic rings. The number of nitrogen functional groups attached to an aromatic ring is 1. The number of aromatic nitrogens is 1. The van der Waals surface area contributed by atoms with Crippen LogP contribution in [0.2, 0.25) is 0 Å². The van der Waals surface area contributed by atoms with Gasteiger partial charge in [0.25, 0.3) is 0 Å². The second-order valence-electron chi connectivity index (χ2n) is 8.36. The maximum Gasteiger partial charge on any atom is 0.488 e. The van der Waals surface area contributed by atoms with Crippen molar-refractivity contribution in [3.05, 3.63) is 84.8 Å². The Morgan fingerprint density at radius 2 is 1.65 bits per heavy atom. The summed E-state index contributed by atoms with van der Waals surface area (Å²) in [7, 11) is 0.351. The van der Waals surface area contributed by atoms with Crippen molar-refractivity contribution in [2.24, 2.45) is 5.41 Å². The number of rotatable bonds is 6. The van der Waals surface area contributed by atoms with E-state index in [0.717, 1.165) is 42.2 Å².